The van der Waals surface area contributed by atoms with Crippen molar-refractivity contribution in [1.82, 2.24) is 4.98 Å². The number of carbonyl (C=O) groups is 1. The second-order valence-corrected chi connectivity index (χ2v) is 9.44. The lowest BCUT2D eigenvalue weighted by atomic mass is 10.0. The Bertz CT molecular complexity index is 1120. The van der Waals surface area contributed by atoms with Crippen molar-refractivity contribution in [3.8, 4) is 10.4 Å². The molecule has 1 aromatic heterocycles. The van der Waals surface area contributed by atoms with Crippen LogP contribution < -0.4 is 9.62 Å². The maximum absolute atomic E-state index is 13.1. The SMILES string of the molecule is CC(=O)Nc1ncc(-c2ccc3c(c2)CCCN3S(=O)(=O)c2ccccc2)s1. The van der Waals surface area contributed by atoms with Gasteiger partial charge < -0.3 is 5.32 Å². The largest absolute Gasteiger partial charge is 0.302 e. The first kappa shape index (κ1) is 18.6. The average Bonchev–Trinajstić information content (AvgIpc) is 3.15. The molecule has 0 radical (unpaired) electrons. The van der Waals surface area contributed by atoms with Gasteiger partial charge in [-0.1, -0.05) is 35.6 Å². The molecule has 0 bridgehead atoms. The summed E-state index contributed by atoms with van der Waals surface area (Å²) in [4.78, 5) is 16.6. The number of nitrogens with zero attached hydrogens (tertiary/aromatic N) is 2. The number of anilines is 2. The number of fused-ring (bicyclic) bond motifs is 1. The van der Waals surface area contributed by atoms with Crippen molar-refractivity contribution in [2.45, 2.75) is 24.7 Å². The molecule has 1 aliphatic rings. The molecule has 6 nitrogen and oxygen atoms in total. The van der Waals surface area contributed by atoms with E-state index in [9.17, 15) is 13.2 Å². The Labute approximate surface area is 167 Å². The molecule has 1 amide bonds. The van der Waals surface area contributed by atoms with E-state index in [0.29, 0.717) is 16.6 Å². The molecule has 144 valence electrons. The minimum Gasteiger partial charge on any atom is -0.302 e. The molecule has 28 heavy (non-hydrogen) atoms. The van der Waals surface area contributed by atoms with Gasteiger partial charge in [0.15, 0.2) is 5.13 Å². The Balaban J connectivity index is 1.68. The van der Waals surface area contributed by atoms with Gasteiger partial charge in [0.2, 0.25) is 5.91 Å². The maximum atomic E-state index is 13.1. The lowest BCUT2D eigenvalue weighted by Gasteiger charge is -2.30. The number of aromatic nitrogens is 1. The molecule has 0 fully saturated rings. The maximum Gasteiger partial charge on any atom is 0.264 e. The summed E-state index contributed by atoms with van der Waals surface area (Å²) < 4.78 is 27.7. The summed E-state index contributed by atoms with van der Waals surface area (Å²) in [5, 5.41) is 3.23. The van der Waals surface area contributed by atoms with Gasteiger partial charge >= 0.3 is 0 Å². The third-order valence-corrected chi connectivity index (χ3v) is 7.35. The number of amides is 1. The smallest absolute Gasteiger partial charge is 0.264 e. The van der Waals surface area contributed by atoms with Crippen molar-refractivity contribution in [3.05, 3.63) is 60.3 Å². The van der Waals surface area contributed by atoms with Crippen LogP contribution in [0.15, 0.2) is 59.6 Å². The number of nitrogens with one attached hydrogen (secondary N) is 1. The minimum atomic E-state index is -3.59. The topological polar surface area (TPSA) is 79.4 Å². The van der Waals surface area contributed by atoms with Crippen LogP contribution in [-0.4, -0.2) is 25.9 Å². The summed E-state index contributed by atoms with van der Waals surface area (Å²) in [7, 11) is -3.59. The molecular formula is C20H19N3O3S2. The molecule has 4 rings (SSSR count). The van der Waals surface area contributed by atoms with Crippen LogP contribution in [0.25, 0.3) is 10.4 Å². The second kappa shape index (κ2) is 7.37. The van der Waals surface area contributed by atoms with E-state index >= 15 is 0 Å². The second-order valence-electron chi connectivity index (χ2n) is 6.55. The predicted molar refractivity (Wildman–Crippen MR) is 111 cm³/mol. The van der Waals surface area contributed by atoms with E-state index in [4.69, 9.17) is 0 Å². The zero-order valence-electron chi connectivity index (χ0n) is 15.3. The number of aryl methyl sites for hydroxylation is 1. The van der Waals surface area contributed by atoms with Gasteiger partial charge in [0.05, 0.1) is 15.5 Å². The van der Waals surface area contributed by atoms with Gasteiger partial charge in [-0.05, 0) is 48.2 Å². The van der Waals surface area contributed by atoms with E-state index in [-0.39, 0.29) is 5.91 Å². The normalized spacial score (nSPS) is 13.8. The highest BCUT2D eigenvalue weighted by Gasteiger charge is 2.29. The third kappa shape index (κ3) is 3.53. The van der Waals surface area contributed by atoms with E-state index < -0.39 is 10.0 Å². The summed E-state index contributed by atoms with van der Waals surface area (Å²) in [6.45, 7) is 1.92. The van der Waals surface area contributed by atoms with E-state index in [2.05, 4.69) is 10.3 Å². The quantitative estimate of drug-likeness (QED) is 0.703. The number of benzene rings is 2. The van der Waals surface area contributed by atoms with Gasteiger partial charge in [-0.15, -0.1) is 0 Å². The zero-order valence-corrected chi connectivity index (χ0v) is 16.9. The molecule has 2 aromatic carbocycles. The molecule has 0 saturated carbocycles. The Morgan fingerprint density at radius 2 is 1.96 bits per heavy atom. The molecule has 1 aliphatic heterocycles. The van der Waals surface area contributed by atoms with Crippen LogP contribution >= 0.6 is 11.3 Å². The Hall–Kier alpha value is -2.71. The number of thiazole rings is 1. The van der Waals surface area contributed by atoms with E-state index in [0.717, 1.165) is 34.5 Å². The first-order valence-electron chi connectivity index (χ1n) is 8.89. The summed E-state index contributed by atoms with van der Waals surface area (Å²) in [5.41, 5.74) is 2.69. The average molecular weight is 414 g/mol. The van der Waals surface area contributed by atoms with Gasteiger partial charge in [-0.25, -0.2) is 13.4 Å². The highest BCUT2D eigenvalue weighted by Crippen LogP contribution is 2.36. The van der Waals surface area contributed by atoms with Gasteiger partial charge in [0.25, 0.3) is 10.0 Å². The van der Waals surface area contributed by atoms with Crippen molar-refractivity contribution < 1.29 is 13.2 Å². The van der Waals surface area contributed by atoms with Crippen LogP contribution in [0, 0.1) is 0 Å². The first-order valence-corrected chi connectivity index (χ1v) is 11.2. The monoisotopic (exact) mass is 413 g/mol. The highest BCUT2D eigenvalue weighted by atomic mass is 32.2. The van der Waals surface area contributed by atoms with Gasteiger partial charge in [-0.2, -0.15) is 0 Å². The van der Waals surface area contributed by atoms with Crippen LogP contribution in [-0.2, 0) is 21.2 Å². The lowest BCUT2D eigenvalue weighted by Crippen LogP contribution is -2.35. The molecule has 0 saturated heterocycles. The fourth-order valence-corrected chi connectivity index (χ4v) is 5.72. The molecule has 0 unspecified atom stereocenters. The standard InChI is InChI=1S/C20H19N3O3S2/c1-14(24)22-20-21-13-19(27-20)16-9-10-18-15(12-16)6-5-11-23(18)28(25,26)17-7-3-2-4-8-17/h2-4,7-10,12-13H,5-6,11H2,1H3,(H,21,22,24). The summed E-state index contributed by atoms with van der Waals surface area (Å²) >= 11 is 1.39. The Kier molecular flexibility index (Phi) is 4.91. The van der Waals surface area contributed by atoms with Crippen LogP contribution in [0.2, 0.25) is 0 Å². The molecule has 3 aromatic rings. The van der Waals surface area contributed by atoms with Crippen molar-refractivity contribution in [2.24, 2.45) is 0 Å². The number of carbonyl (C=O) groups excluding carboxylic acids is 1. The van der Waals surface area contributed by atoms with Gasteiger partial charge in [0, 0.05) is 19.7 Å². The minimum absolute atomic E-state index is 0.159. The van der Waals surface area contributed by atoms with Crippen LogP contribution in [0.4, 0.5) is 10.8 Å². The summed E-state index contributed by atoms with van der Waals surface area (Å²) in [5.74, 6) is -0.159. The molecular weight excluding hydrogens is 394 g/mol. The van der Waals surface area contributed by atoms with Crippen LogP contribution in [0.5, 0.6) is 0 Å². The molecule has 8 heteroatoms. The van der Waals surface area contributed by atoms with Gasteiger partial charge in [0.1, 0.15) is 0 Å². The lowest BCUT2D eigenvalue weighted by molar-refractivity contribution is -0.114. The van der Waals surface area contributed by atoms with Crippen molar-refractivity contribution in [1.29, 1.82) is 0 Å². The fourth-order valence-electron chi connectivity index (χ4n) is 3.30. The first-order chi connectivity index (χ1) is 13.4. The number of sulfonamides is 1. The third-order valence-electron chi connectivity index (χ3n) is 4.56. The summed E-state index contributed by atoms with van der Waals surface area (Å²) in [6.07, 6.45) is 3.31. The van der Waals surface area contributed by atoms with Gasteiger partial charge in [-0.3, -0.25) is 9.10 Å². The summed E-state index contributed by atoms with van der Waals surface area (Å²) in [6, 6.07) is 14.3. The molecule has 2 heterocycles. The predicted octanol–water partition coefficient (Wildman–Crippen LogP) is 3.91. The van der Waals surface area contributed by atoms with E-state index in [1.165, 1.54) is 22.6 Å². The van der Waals surface area contributed by atoms with E-state index in [1.54, 1.807) is 36.5 Å². The fraction of sp³-hybridized carbons (Fsp3) is 0.200. The van der Waals surface area contributed by atoms with E-state index in [1.807, 2.05) is 18.2 Å². The number of hydrogen-bond acceptors (Lipinski definition) is 5. The van der Waals surface area contributed by atoms with Crippen LogP contribution in [0.1, 0.15) is 18.9 Å². The Morgan fingerprint density at radius 1 is 1.18 bits per heavy atom. The molecule has 0 spiro atoms. The van der Waals surface area contributed by atoms with Crippen molar-refractivity contribution in [2.75, 3.05) is 16.2 Å². The number of hydrogen-bond donors (Lipinski definition) is 1. The zero-order chi connectivity index (χ0) is 19.7. The van der Waals surface area contributed by atoms with Crippen LogP contribution in [0.3, 0.4) is 0 Å². The Morgan fingerprint density at radius 3 is 2.71 bits per heavy atom. The highest BCUT2D eigenvalue weighted by molar-refractivity contribution is 7.92. The molecule has 1 N–H and O–H groups in total. The van der Waals surface area contributed by atoms with Crippen molar-refractivity contribution in [3.63, 3.8) is 0 Å². The van der Waals surface area contributed by atoms with Crippen molar-refractivity contribution >= 4 is 38.1 Å². The number of rotatable bonds is 4. The molecule has 0 aliphatic carbocycles. The molecule has 0 atom stereocenters.